The van der Waals surface area contributed by atoms with Crippen molar-refractivity contribution in [2.75, 3.05) is 16.8 Å². The number of rotatable bonds is 9. The number of hydrogen-bond donors (Lipinski definition) is 1. The van der Waals surface area contributed by atoms with Gasteiger partial charge in [-0.1, -0.05) is 38.0 Å². The van der Waals surface area contributed by atoms with Gasteiger partial charge in [-0.15, -0.1) is 11.3 Å². The van der Waals surface area contributed by atoms with Gasteiger partial charge in [-0.05, 0) is 48.9 Å². The van der Waals surface area contributed by atoms with Crippen LogP contribution in [0.1, 0.15) is 31.7 Å². The van der Waals surface area contributed by atoms with Gasteiger partial charge in [0.2, 0.25) is 0 Å². The molecule has 0 atom stereocenters. The topological polar surface area (TPSA) is 67.3 Å². The lowest BCUT2D eigenvalue weighted by molar-refractivity contribution is -0.138. The Hall–Kier alpha value is -3.92. The minimum atomic E-state index is -4.68. The normalized spacial score (nSPS) is 11.2. The van der Waals surface area contributed by atoms with Gasteiger partial charge in [-0.25, -0.2) is 14.7 Å². The molecule has 6 nitrogen and oxygen atoms in total. The number of nitrogens with zero attached hydrogens (tertiary/aromatic N) is 3. The van der Waals surface area contributed by atoms with Crippen LogP contribution in [0.25, 0.3) is 11.3 Å². The van der Waals surface area contributed by atoms with Crippen LogP contribution in [0.5, 0.6) is 5.75 Å². The fraction of sp³-hybridized carbons (Fsp3) is 0.222. The molecular weight excluding hydrogens is 501 g/mol. The molecule has 0 aliphatic carbocycles. The lowest BCUT2D eigenvalue weighted by atomic mass is 10.1. The number of thiazole rings is 1. The number of hydrogen-bond acceptors (Lipinski definition) is 5. The van der Waals surface area contributed by atoms with E-state index in [1.54, 1.807) is 54.2 Å². The summed E-state index contributed by atoms with van der Waals surface area (Å²) in [4.78, 5) is 23.2. The van der Waals surface area contributed by atoms with E-state index >= 15 is 0 Å². The zero-order valence-electron chi connectivity index (χ0n) is 20.0. The lowest BCUT2D eigenvalue weighted by Gasteiger charge is -2.23. The number of pyridine rings is 1. The molecule has 1 N–H and O–H groups in total. The Bertz CT molecular complexity index is 1310. The van der Waals surface area contributed by atoms with Crippen LogP contribution in [-0.2, 0) is 6.18 Å². The standard InChI is InChI=1S/C27H25F3N4O2S/c1-2-3-7-15-36-24-13-12-21(16-22(24)27(28,29)30)34(25(35)32-20-10-5-4-6-11-20)26-33-23(18-37-26)19-9-8-14-31-17-19/h4-6,8-14,16-18H,2-3,7,15H2,1H3,(H,32,35). The molecule has 0 saturated heterocycles. The Morgan fingerprint density at radius 1 is 1.08 bits per heavy atom. The van der Waals surface area contributed by atoms with Crippen LogP contribution in [0.15, 0.2) is 78.4 Å². The Morgan fingerprint density at radius 2 is 1.89 bits per heavy atom. The summed E-state index contributed by atoms with van der Waals surface area (Å²) in [5.74, 6) is -0.272. The summed E-state index contributed by atoms with van der Waals surface area (Å²) in [6.07, 6.45) is 1.00. The van der Waals surface area contributed by atoms with Gasteiger partial charge >= 0.3 is 12.2 Å². The van der Waals surface area contributed by atoms with Crippen LogP contribution < -0.4 is 15.0 Å². The summed E-state index contributed by atoms with van der Waals surface area (Å²) in [5.41, 5.74) is 0.822. The smallest absolute Gasteiger partial charge is 0.420 e. The summed E-state index contributed by atoms with van der Waals surface area (Å²) < 4.78 is 47.5. The first-order valence-electron chi connectivity index (χ1n) is 11.7. The van der Waals surface area contributed by atoms with Gasteiger partial charge in [0.15, 0.2) is 5.13 Å². The SMILES string of the molecule is CCCCCOc1ccc(N(C(=O)Nc2ccccc2)c2nc(-c3cccnc3)cs2)cc1C(F)(F)F. The van der Waals surface area contributed by atoms with Crippen molar-refractivity contribution in [1.82, 2.24) is 9.97 Å². The van der Waals surface area contributed by atoms with E-state index in [0.717, 1.165) is 40.7 Å². The quantitative estimate of drug-likeness (QED) is 0.223. The molecule has 0 fully saturated rings. The van der Waals surface area contributed by atoms with Gasteiger partial charge in [-0.2, -0.15) is 13.2 Å². The highest BCUT2D eigenvalue weighted by atomic mass is 32.1. The number of alkyl halides is 3. The van der Waals surface area contributed by atoms with E-state index in [0.29, 0.717) is 17.8 Å². The molecule has 0 aliphatic rings. The van der Waals surface area contributed by atoms with Crippen LogP contribution in [-0.4, -0.2) is 22.6 Å². The molecule has 0 radical (unpaired) electrons. The summed E-state index contributed by atoms with van der Waals surface area (Å²) in [6.45, 7) is 2.18. The van der Waals surface area contributed by atoms with Crippen molar-refractivity contribution < 1.29 is 22.7 Å². The number of ether oxygens (including phenoxy) is 1. The van der Waals surface area contributed by atoms with Crippen molar-refractivity contribution in [3.05, 3.63) is 84.0 Å². The molecule has 2 aromatic heterocycles. The van der Waals surface area contributed by atoms with E-state index in [1.165, 1.54) is 12.1 Å². The second-order valence-corrected chi connectivity index (χ2v) is 8.96. The number of unbranched alkanes of at least 4 members (excludes halogenated alkanes) is 2. The number of benzene rings is 2. The number of carbonyl (C=O) groups is 1. The van der Waals surface area contributed by atoms with E-state index in [9.17, 15) is 18.0 Å². The Balaban J connectivity index is 1.73. The third kappa shape index (κ3) is 6.65. The van der Waals surface area contributed by atoms with Crippen LogP contribution in [0.3, 0.4) is 0 Å². The first kappa shape index (κ1) is 26.2. The van der Waals surface area contributed by atoms with Gasteiger partial charge in [0, 0.05) is 29.0 Å². The van der Waals surface area contributed by atoms with Crippen molar-refractivity contribution in [3.63, 3.8) is 0 Å². The Morgan fingerprint density at radius 3 is 2.59 bits per heavy atom. The van der Waals surface area contributed by atoms with Crippen LogP contribution in [0, 0.1) is 0 Å². The second kappa shape index (κ2) is 11.9. The molecule has 192 valence electrons. The van der Waals surface area contributed by atoms with Crippen LogP contribution in [0.2, 0.25) is 0 Å². The average Bonchev–Trinajstić information content (AvgIpc) is 3.37. The molecule has 0 bridgehead atoms. The number of amides is 2. The maximum Gasteiger partial charge on any atom is 0.420 e. The number of halogens is 3. The number of carbonyl (C=O) groups excluding carboxylic acids is 1. The molecule has 37 heavy (non-hydrogen) atoms. The van der Waals surface area contributed by atoms with E-state index < -0.39 is 17.8 Å². The summed E-state index contributed by atoms with van der Waals surface area (Å²) in [5, 5.41) is 4.67. The highest BCUT2D eigenvalue weighted by molar-refractivity contribution is 7.14. The minimum Gasteiger partial charge on any atom is -0.493 e. The number of nitrogens with one attached hydrogen (secondary N) is 1. The first-order valence-corrected chi connectivity index (χ1v) is 12.6. The molecule has 2 heterocycles. The van der Waals surface area contributed by atoms with E-state index in [2.05, 4.69) is 15.3 Å². The zero-order chi connectivity index (χ0) is 26.3. The molecule has 2 aromatic carbocycles. The van der Waals surface area contributed by atoms with Crippen molar-refractivity contribution in [1.29, 1.82) is 0 Å². The molecule has 0 saturated carbocycles. The molecular formula is C27H25F3N4O2S. The molecule has 4 aromatic rings. The van der Waals surface area contributed by atoms with Crippen LogP contribution >= 0.6 is 11.3 Å². The Labute approximate surface area is 216 Å². The predicted molar refractivity (Wildman–Crippen MR) is 139 cm³/mol. The van der Waals surface area contributed by atoms with E-state index in [-0.39, 0.29) is 23.2 Å². The number of anilines is 3. The van der Waals surface area contributed by atoms with E-state index in [4.69, 9.17) is 4.74 Å². The predicted octanol–water partition coefficient (Wildman–Crippen LogP) is 8.16. The molecule has 10 heteroatoms. The van der Waals surface area contributed by atoms with Gasteiger partial charge in [0.25, 0.3) is 0 Å². The maximum absolute atomic E-state index is 14.0. The first-order chi connectivity index (χ1) is 17.9. The summed E-state index contributed by atoms with van der Waals surface area (Å²) in [6, 6.07) is 15.2. The van der Waals surface area contributed by atoms with E-state index in [1.807, 2.05) is 13.0 Å². The number of aromatic nitrogens is 2. The molecule has 0 spiro atoms. The largest absolute Gasteiger partial charge is 0.493 e. The number of urea groups is 1. The van der Waals surface area contributed by atoms with Gasteiger partial charge < -0.3 is 10.1 Å². The van der Waals surface area contributed by atoms with Crippen molar-refractivity contribution in [2.45, 2.75) is 32.4 Å². The van der Waals surface area contributed by atoms with Gasteiger partial charge in [-0.3, -0.25) is 4.98 Å². The van der Waals surface area contributed by atoms with Gasteiger partial charge in [0.1, 0.15) is 5.75 Å². The third-order valence-corrected chi connectivity index (χ3v) is 6.23. The second-order valence-electron chi connectivity index (χ2n) is 8.12. The summed E-state index contributed by atoms with van der Waals surface area (Å²) >= 11 is 1.14. The third-order valence-electron chi connectivity index (χ3n) is 5.40. The summed E-state index contributed by atoms with van der Waals surface area (Å²) in [7, 11) is 0. The van der Waals surface area contributed by atoms with Crippen molar-refractivity contribution >= 4 is 33.9 Å². The van der Waals surface area contributed by atoms with Crippen LogP contribution in [0.4, 0.5) is 34.5 Å². The fourth-order valence-electron chi connectivity index (χ4n) is 3.57. The molecule has 0 unspecified atom stereocenters. The highest BCUT2D eigenvalue weighted by Crippen LogP contribution is 2.41. The minimum absolute atomic E-state index is 0.00810. The van der Waals surface area contributed by atoms with Crippen molar-refractivity contribution in [3.8, 4) is 17.0 Å². The zero-order valence-corrected chi connectivity index (χ0v) is 20.9. The lowest BCUT2D eigenvalue weighted by Crippen LogP contribution is -2.31. The Kier molecular flexibility index (Phi) is 8.39. The fourth-order valence-corrected chi connectivity index (χ4v) is 4.42. The van der Waals surface area contributed by atoms with Gasteiger partial charge in [0.05, 0.1) is 23.6 Å². The average molecular weight is 527 g/mol. The number of para-hydroxylation sites is 1. The van der Waals surface area contributed by atoms with Crippen molar-refractivity contribution in [2.24, 2.45) is 0 Å². The maximum atomic E-state index is 14.0. The molecule has 2 amide bonds. The highest BCUT2D eigenvalue weighted by Gasteiger charge is 2.36. The molecule has 4 rings (SSSR count). The molecule has 0 aliphatic heterocycles. The monoisotopic (exact) mass is 526 g/mol.